The van der Waals surface area contributed by atoms with Gasteiger partial charge in [0.2, 0.25) is 5.91 Å². The van der Waals surface area contributed by atoms with Gasteiger partial charge in [0.25, 0.3) is 0 Å². The highest BCUT2D eigenvalue weighted by atomic mass is 32.1. The molecule has 1 aromatic heterocycles. The number of carbonyl (C=O) groups excluding carboxylic acids is 1. The van der Waals surface area contributed by atoms with Crippen LogP contribution in [0, 0.1) is 0 Å². The Morgan fingerprint density at radius 1 is 1.10 bits per heavy atom. The Hall–Kier alpha value is -2.48. The quantitative estimate of drug-likeness (QED) is 0.602. The van der Waals surface area contributed by atoms with Crippen molar-refractivity contribution in [2.45, 2.75) is 19.6 Å². The minimum atomic E-state index is -0.0779. The van der Waals surface area contributed by atoms with E-state index in [0.717, 1.165) is 41.4 Å². The van der Waals surface area contributed by atoms with Crippen molar-refractivity contribution in [3.05, 3.63) is 59.6 Å². The summed E-state index contributed by atoms with van der Waals surface area (Å²) in [6.45, 7) is 7.24. The summed E-state index contributed by atoms with van der Waals surface area (Å²) in [5.74, 6) is -0.0779. The highest BCUT2D eigenvalue weighted by Gasteiger charge is 2.21. The minimum Gasteiger partial charge on any atom is -0.369 e. The van der Waals surface area contributed by atoms with Crippen LogP contribution in [0.5, 0.6) is 0 Å². The molecule has 1 atom stereocenters. The lowest BCUT2D eigenvalue weighted by atomic mass is 10.2. The molecule has 1 unspecified atom stereocenters. The van der Waals surface area contributed by atoms with Gasteiger partial charge in [-0.3, -0.25) is 9.69 Å². The number of hydrogen-bond donors (Lipinski definition) is 1. The molecule has 30 heavy (non-hydrogen) atoms. The maximum Gasteiger partial charge on any atom is 0.246 e. The maximum atomic E-state index is 12.1. The molecule has 7 heteroatoms. The van der Waals surface area contributed by atoms with Crippen LogP contribution in [0.25, 0.3) is 10.2 Å². The molecule has 1 aliphatic rings. The molecule has 0 radical (unpaired) electrons. The van der Waals surface area contributed by atoms with E-state index in [1.165, 1.54) is 5.69 Å². The van der Waals surface area contributed by atoms with Crippen molar-refractivity contribution in [2.24, 2.45) is 0 Å². The zero-order valence-corrected chi connectivity index (χ0v) is 18.1. The fourth-order valence-corrected chi connectivity index (χ4v) is 4.62. The number of para-hydroxylation sites is 2. The van der Waals surface area contributed by atoms with E-state index in [0.29, 0.717) is 19.2 Å². The van der Waals surface area contributed by atoms with Gasteiger partial charge < -0.3 is 15.0 Å². The lowest BCUT2D eigenvalue weighted by Gasteiger charge is -2.39. The number of fused-ring (bicyclic) bond motifs is 1. The van der Waals surface area contributed by atoms with E-state index >= 15 is 0 Å². The van der Waals surface area contributed by atoms with Crippen molar-refractivity contribution < 1.29 is 9.53 Å². The van der Waals surface area contributed by atoms with Crippen molar-refractivity contribution in [3.63, 3.8) is 0 Å². The van der Waals surface area contributed by atoms with Crippen molar-refractivity contribution in [3.8, 4) is 0 Å². The largest absolute Gasteiger partial charge is 0.369 e. The second kappa shape index (κ2) is 10.0. The molecule has 0 saturated carbocycles. The first-order chi connectivity index (χ1) is 14.7. The summed E-state index contributed by atoms with van der Waals surface area (Å²) < 4.78 is 6.71. The Morgan fingerprint density at radius 3 is 2.60 bits per heavy atom. The fourth-order valence-electron chi connectivity index (χ4n) is 3.71. The molecule has 6 nitrogen and oxygen atoms in total. The summed E-state index contributed by atoms with van der Waals surface area (Å²) >= 11 is 1.61. The van der Waals surface area contributed by atoms with Gasteiger partial charge in [0.1, 0.15) is 11.6 Å². The third-order valence-electron chi connectivity index (χ3n) is 5.45. The highest BCUT2D eigenvalue weighted by Crippen LogP contribution is 2.22. The number of thiazole rings is 1. The lowest BCUT2D eigenvalue weighted by molar-refractivity contribution is -0.126. The molecule has 1 saturated heterocycles. The van der Waals surface area contributed by atoms with Crippen LogP contribution in [-0.4, -0.2) is 61.2 Å². The predicted octanol–water partition coefficient (Wildman–Crippen LogP) is 3.14. The molecular weight excluding hydrogens is 396 g/mol. The fraction of sp³-hybridized carbons (Fsp3) is 0.391. The number of ether oxygens (including phenoxy) is 1. The van der Waals surface area contributed by atoms with Gasteiger partial charge >= 0.3 is 0 Å². The Kier molecular flexibility index (Phi) is 6.94. The zero-order valence-electron chi connectivity index (χ0n) is 17.3. The van der Waals surface area contributed by atoms with Crippen molar-refractivity contribution >= 4 is 33.1 Å². The Labute approximate surface area is 181 Å². The van der Waals surface area contributed by atoms with Crippen LogP contribution in [0.3, 0.4) is 0 Å². The van der Waals surface area contributed by atoms with E-state index in [1.807, 2.05) is 30.3 Å². The second-order valence-corrected chi connectivity index (χ2v) is 8.69. The van der Waals surface area contributed by atoms with Gasteiger partial charge in [-0.15, -0.1) is 11.3 Å². The van der Waals surface area contributed by atoms with Gasteiger partial charge in [-0.05, 0) is 31.2 Å². The van der Waals surface area contributed by atoms with Gasteiger partial charge in [0.15, 0.2) is 0 Å². The molecule has 1 aliphatic heterocycles. The number of anilines is 1. The molecule has 3 aromatic rings. The molecule has 158 valence electrons. The average Bonchev–Trinajstić information content (AvgIpc) is 3.21. The lowest BCUT2D eigenvalue weighted by Crippen LogP contribution is -2.52. The van der Waals surface area contributed by atoms with Gasteiger partial charge in [0.05, 0.1) is 16.8 Å². The molecule has 2 aromatic carbocycles. The number of amides is 1. The van der Waals surface area contributed by atoms with Crippen molar-refractivity contribution in [1.82, 2.24) is 15.2 Å². The summed E-state index contributed by atoms with van der Waals surface area (Å²) in [6.07, 6.45) is 0. The summed E-state index contributed by atoms with van der Waals surface area (Å²) in [4.78, 5) is 21.5. The summed E-state index contributed by atoms with van der Waals surface area (Å²) in [6, 6.07) is 18.8. The van der Waals surface area contributed by atoms with Crippen molar-refractivity contribution in [1.29, 1.82) is 0 Å². The first kappa shape index (κ1) is 20.8. The molecule has 4 rings (SSSR count). The number of rotatable bonds is 8. The number of benzene rings is 2. The molecule has 0 aliphatic carbocycles. The number of aromatic nitrogens is 1. The number of piperazine rings is 1. The van der Waals surface area contributed by atoms with Gasteiger partial charge in [0, 0.05) is 44.5 Å². The summed E-state index contributed by atoms with van der Waals surface area (Å²) in [7, 11) is 0. The molecule has 0 spiro atoms. The Bertz CT molecular complexity index is 921. The topological polar surface area (TPSA) is 57.7 Å². The molecule has 1 N–H and O–H groups in total. The molecular formula is C23H28N4O2S. The zero-order chi connectivity index (χ0) is 20.8. The Balaban J connectivity index is 1.14. The standard InChI is InChI=1S/C23H28N4O2S/c1-18(26-11-13-27(14-12-26)19-7-3-2-4-8-19)15-24-22(28)16-29-17-23-25-20-9-5-6-10-21(20)30-23/h2-10,18H,11-17H2,1H3,(H,24,28). The van der Waals surface area contributed by atoms with Gasteiger partial charge in [-0.25, -0.2) is 4.98 Å². The predicted molar refractivity (Wildman–Crippen MR) is 122 cm³/mol. The van der Waals surface area contributed by atoms with Gasteiger partial charge in [-0.2, -0.15) is 0 Å². The molecule has 0 bridgehead atoms. The number of hydrogen-bond acceptors (Lipinski definition) is 6. The third-order valence-corrected chi connectivity index (χ3v) is 6.46. The maximum absolute atomic E-state index is 12.1. The third kappa shape index (κ3) is 5.36. The van der Waals surface area contributed by atoms with Crippen LogP contribution in [0.15, 0.2) is 54.6 Å². The number of nitrogens with one attached hydrogen (secondary N) is 1. The SMILES string of the molecule is CC(CNC(=O)COCc1nc2ccccc2s1)N1CCN(c2ccccc2)CC1. The Morgan fingerprint density at radius 2 is 1.83 bits per heavy atom. The summed E-state index contributed by atoms with van der Waals surface area (Å²) in [5, 5.41) is 3.90. The van der Waals surface area contributed by atoms with Crippen molar-refractivity contribution in [2.75, 3.05) is 44.2 Å². The monoisotopic (exact) mass is 424 g/mol. The van der Waals surface area contributed by atoms with Crippen LogP contribution in [0.4, 0.5) is 5.69 Å². The molecule has 1 fully saturated rings. The van der Waals surface area contributed by atoms with Crippen LogP contribution in [-0.2, 0) is 16.1 Å². The summed E-state index contributed by atoms with van der Waals surface area (Å²) in [5.41, 5.74) is 2.26. The van der Waals surface area contributed by atoms with E-state index in [1.54, 1.807) is 11.3 Å². The minimum absolute atomic E-state index is 0.0600. The molecule has 1 amide bonds. The van der Waals surface area contributed by atoms with E-state index in [9.17, 15) is 4.79 Å². The van der Waals surface area contributed by atoms with Crippen LogP contribution >= 0.6 is 11.3 Å². The van der Waals surface area contributed by atoms with E-state index in [-0.39, 0.29) is 12.5 Å². The normalized spacial score (nSPS) is 16.0. The van der Waals surface area contributed by atoms with E-state index < -0.39 is 0 Å². The average molecular weight is 425 g/mol. The van der Waals surface area contributed by atoms with Crippen LogP contribution in [0.2, 0.25) is 0 Å². The van der Waals surface area contributed by atoms with Crippen LogP contribution < -0.4 is 10.2 Å². The van der Waals surface area contributed by atoms with E-state index in [4.69, 9.17) is 4.74 Å². The highest BCUT2D eigenvalue weighted by molar-refractivity contribution is 7.18. The first-order valence-electron chi connectivity index (χ1n) is 10.4. The van der Waals surface area contributed by atoms with E-state index in [2.05, 4.69) is 51.3 Å². The van der Waals surface area contributed by atoms with Gasteiger partial charge in [-0.1, -0.05) is 30.3 Å². The molecule has 2 heterocycles. The number of carbonyl (C=O) groups is 1. The smallest absolute Gasteiger partial charge is 0.246 e. The second-order valence-electron chi connectivity index (χ2n) is 7.58. The van der Waals surface area contributed by atoms with Crippen LogP contribution in [0.1, 0.15) is 11.9 Å². The first-order valence-corrected chi connectivity index (χ1v) is 11.2. The number of nitrogens with zero attached hydrogens (tertiary/aromatic N) is 3.